The second-order valence-corrected chi connectivity index (χ2v) is 17.7. The summed E-state index contributed by atoms with van der Waals surface area (Å²) in [5.41, 5.74) is 9.50. The molecule has 14 heteroatoms. The lowest BCUT2D eigenvalue weighted by atomic mass is 9.84. The number of aryl methyl sites for hydroxylation is 1. The SMILES string of the molecule is CCn1c(-c2cccnc2C(C)OC)c2c3cc(ccc31)-c1csc(n1)CC(NC(=O)C(C(C)C)N(C)CCCC=O)C(=O)N1CCC[C@H](N1)C(=O)OCC(C)(C)C2. The molecular formula is C44H59N7O6S. The number of carbonyl (C=O) groups excluding carboxylic acids is 4. The average Bonchev–Trinajstić information content (AvgIpc) is 3.80. The van der Waals surface area contributed by atoms with Gasteiger partial charge in [0.05, 0.1) is 40.8 Å². The predicted octanol–water partition coefficient (Wildman–Crippen LogP) is 6.14. The molecule has 2 amide bonds. The summed E-state index contributed by atoms with van der Waals surface area (Å²) in [4.78, 5) is 65.0. The highest BCUT2D eigenvalue weighted by molar-refractivity contribution is 7.10. The van der Waals surface area contributed by atoms with Gasteiger partial charge in [-0.1, -0.05) is 33.8 Å². The fourth-order valence-corrected chi connectivity index (χ4v) is 9.25. The predicted molar refractivity (Wildman–Crippen MR) is 226 cm³/mol. The number of ether oxygens (including phenoxy) is 2. The first kappa shape index (κ1) is 43.1. The molecule has 58 heavy (non-hydrogen) atoms. The number of hydrogen-bond acceptors (Lipinski definition) is 11. The van der Waals surface area contributed by atoms with E-state index in [0.29, 0.717) is 56.7 Å². The molecule has 0 spiro atoms. The van der Waals surface area contributed by atoms with Crippen molar-refractivity contribution in [2.75, 3.05) is 33.9 Å². The molecule has 4 aromatic rings. The van der Waals surface area contributed by atoms with Crippen molar-refractivity contribution in [2.24, 2.45) is 11.3 Å². The van der Waals surface area contributed by atoms with E-state index in [0.717, 1.165) is 51.0 Å². The maximum atomic E-state index is 14.4. The number of benzene rings is 1. The molecule has 0 radical (unpaired) electrons. The lowest BCUT2D eigenvalue weighted by molar-refractivity contribution is -0.155. The number of methoxy groups -OCH3 is 1. The zero-order chi connectivity index (χ0) is 41.7. The molecule has 6 rings (SSSR count). The number of pyridine rings is 1. The molecule has 1 aromatic carbocycles. The van der Waals surface area contributed by atoms with Crippen molar-refractivity contribution in [3.05, 3.63) is 58.2 Å². The van der Waals surface area contributed by atoms with Crippen LogP contribution in [0.4, 0.5) is 0 Å². The Hall–Kier alpha value is -4.50. The highest BCUT2D eigenvalue weighted by Gasteiger charge is 2.37. The molecule has 0 saturated carbocycles. The number of unbranched alkanes of at least 4 members (excludes halogenated alkanes) is 1. The molecule has 13 nitrogen and oxygen atoms in total. The van der Waals surface area contributed by atoms with E-state index in [1.54, 1.807) is 13.3 Å². The summed E-state index contributed by atoms with van der Waals surface area (Å²) in [5.74, 6) is -1.10. The Bertz CT molecular complexity index is 2110. The fraction of sp³-hybridized carbons (Fsp3) is 0.545. The number of cyclic esters (lactones) is 1. The number of hydrogen-bond donors (Lipinski definition) is 2. The van der Waals surface area contributed by atoms with Gasteiger partial charge in [0.1, 0.15) is 18.4 Å². The molecule has 2 aliphatic heterocycles. The van der Waals surface area contributed by atoms with Crippen molar-refractivity contribution in [2.45, 2.75) is 111 Å². The van der Waals surface area contributed by atoms with Gasteiger partial charge >= 0.3 is 5.97 Å². The zero-order valence-electron chi connectivity index (χ0n) is 35.2. The van der Waals surface area contributed by atoms with E-state index in [4.69, 9.17) is 19.4 Å². The van der Waals surface area contributed by atoms with Crippen molar-refractivity contribution < 1.29 is 28.7 Å². The van der Waals surface area contributed by atoms with Gasteiger partial charge in [0, 0.05) is 72.1 Å². The van der Waals surface area contributed by atoms with Gasteiger partial charge in [-0.3, -0.25) is 29.3 Å². The summed E-state index contributed by atoms with van der Waals surface area (Å²) in [6.07, 6.45) is 5.35. The molecule has 1 saturated heterocycles. The molecule has 312 valence electrons. The van der Waals surface area contributed by atoms with Crippen molar-refractivity contribution in [3.63, 3.8) is 0 Å². The number of rotatable bonds is 12. The van der Waals surface area contributed by atoms with E-state index in [-0.39, 0.29) is 36.9 Å². The molecule has 2 N–H and O–H groups in total. The normalized spacial score (nSPS) is 19.9. The lowest BCUT2D eigenvalue weighted by Crippen LogP contribution is -2.62. The van der Waals surface area contributed by atoms with Crippen LogP contribution in [-0.4, -0.2) is 100 Å². The van der Waals surface area contributed by atoms with Crippen molar-refractivity contribution in [1.82, 2.24) is 35.2 Å². The number of likely N-dealkylation sites (N-methyl/N-ethyl adjacent to an activating group) is 1. The summed E-state index contributed by atoms with van der Waals surface area (Å²) in [6, 6.07) is 8.29. The Morgan fingerprint density at radius 3 is 2.74 bits per heavy atom. The number of fused-ring (bicyclic) bond motifs is 6. The first-order chi connectivity index (χ1) is 27.8. The number of carbonyl (C=O) groups is 4. The number of thiazole rings is 1. The van der Waals surface area contributed by atoms with Crippen LogP contribution in [0.2, 0.25) is 0 Å². The molecule has 4 atom stereocenters. The zero-order valence-corrected chi connectivity index (χ0v) is 36.0. The lowest BCUT2D eigenvalue weighted by Gasteiger charge is -2.36. The molecule has 0 aliphatic carbocycles. The van der Waals surface area contributed by atoms with Crippen LogP contribution < -0.4 is 10.7 Å². The Labute approximate surface area is 345 Å². The van der Waals surface area contributed by atoms with Gasteiger partial charge in [-0.2, -0.15) is 0 Å². The van der Waals surface area contributed by atoms with Gasteiger partial charge in [0.15, 0.2) is 0 Å². The minimum absolute atomic E-state index is 0.0606. The number of esters is 1. The number of hydrazine groups is 1. The van der Waals surface area contributed by atoms with Gasteiger partial charge < -0.3 is 24.2 Å². The second kappa shape index (κ2) is 18.6. The summed E-state index contributed by atoms with van der Waals surface area (Å²) in [5, 5.41) is 8.33. The van der Waals surface area contributed by atoms with Crippen molar-refractivity contribution in [3.8, 4) is 22.5 Å². The van der Waals surface area contributed by atoms with E-state index in [1.165, 1.54) is 16.3 Å². The minimum atomic E-state index is -0.949. The van der Waals surface area contributed by atoms with E-state index in [9.17, 15) is 19.2 Å². The van der Waals surface area contributed by atoms with Crippen LogP contribution in [0.1, 0.15) is 89.6 Å². The molecule has 2 aliphatic rings. The first-order valence-electron chi connectivity index (χ1n) is 20.5. The van der Waals surface area contributed by atoms with Crippen LogP contribution in [0.3, 0.4) is 0 Å². The monoisotopic (exact) mass is 813 g/mol. The maximum absolute atomic E-state index is 14.4. The molecular weight excluding hydrogens is 755 g/mol. The third-order valence-electron chi connectivity index (χ3n) is 11.4. The van der Waals surface area contributed by atoms with Crippen LogP contribution in [0.5, 0.6) is 0 Å². The first-order valence-corrected chi connectivity index (χ1v) is 21.4. The fourth-order valence-electron chi connectivity index (χ4n) is 8.40. The van der Waals surface area contributed by atoms with Crippen LogP contribution >= 0.6 is 11.3 Å². The van der Waals surface area contributed by atoms with Crippen LogP contribution in [0, 0.1) is 11.3 Å². The van der Waals surface area contributed by atoms with Crippen molar-refractivity contribution in [1.29, 1.82) is 0 Å². The molecule has 3 aromatic heterocycles. The quantitative estimate of drug-likeness (QED) is 0.0972. The third kappa shape index (κ3) is 9.35. The van der Waals surface area contributed by atoms with E-state index in [2.05, 4.69) is 60.3 Å². The molecule has 1 fully saturated rings. The number of amides is 2. The minimum Gasteiger partial charge on any atom is -0.464 e. The maximum Gasteiger partial charge on any atom is 0.324 e. The molecule has 3 unspecified atom stereocenters. The smallest absolute Gasteiger partial charge is 0.324 e. The second-order valence-electron chi connectivity index (χ2n) is 16.8. The highest BCUT2D eigenvalue weighted by Crippen LogP contribution is 2.42. The number of nitrogens with one attached hydrogen (secondary N) is 2. The van der Waals surface area contributed by atoms with Crippen LogP contribution in [0.15, 0.2) is 41.9 Å². The number of nitrogens with zero attached hydrogens (tertiary/aromatic N) is 5. The van der Waals surface area contributed by atoms with Crippen molar-refractivity contribution >= 4 is 46.3 Å². The van der Waals surface area contributed by atoms with Gasteiger partial charge in [0.25, 0.3) is 5.91 Å². The molecule has 6 bridgehead atoms. The standard InChI is InChI=1S/C44H59N7O6S/c1-9-50-36-17-16-29-22-31(36)32(40(50)30-14-12-18-45-38(30)28(4)56-8)24-44(5,6)26-57-43(55)33-15-13-20-51(48-33)42(54)34(23-37-46-35(29)25-58-37)47-41(53)39(27(2)3)49(7)19-10-11-21-52/h12,14,16-18,21-22,25,27-28,33-34,39,48H,9-11,13,15,19-20,23-24,26H2,1-8H3,(H,47,53)/t28?,33-,34?,39?/m0/s1. The average molecular weight is 814 g/mol. The van der Waals surface area contributed by atoms with Crippen LogP contribution in [0.25, 0.3) is 33.4 Å². The Morgan fingerprint density at radius 2 is 2.02 bits per heavy atom. The molecule has 5 heterocycles. The Balaban J connectivity index is 1.45. The highest BCUT2D eigenvalue weighted by atomic mass is 32.1. The summed E-state index contributed by atoms with van der Waals surface area (Å²) in [7, 11) is 3.56. The van der Waals surface area contributed by atoms with E-state index in [1.807, 2.05) is 44.2 Å². The summed E-state index contributed by atoms with van der Waals surface area (Å²) >= 11 is 1.45. The largest absolute Gasteiger partial charge is 0.464 e. The summed E-state index contributed by atoms with van der Waals surface area (Å²) < 4.78 is 14.2. The van der Waals surface area contributed by atoms with Gasteiger partial charge in [-0.05, 0) is 88.9 Å². The van der Waals surface area contributed by atoms with Gasteiger partial charge in [-0.25, -0.2) is 10.4 Å². The van der Waals surface area contributed by atoms with E-state index >= 15 is 0 Å². The van der Waals surface area contributed by atoms with Crippen LogP contribution in [-0.2, 0) is 48.0 Å². The number of aromatic nitrogens is 3. The van der Waals surface area contributed by atoms with Gasteiger partial charge in [-0.15, -0.1) is 11.3 Å². The third-order valence-corrected chi connectivity index (χ3v) is 12.2. The summed E-state index contributed by atoms with van der Waals surface area (Å²) in [6.45, 7) is 14.1. The van der Waals surface area contributed by atoms with E-state index < -0.39 is 29.5 Å². The topological polar surface area (TPSA) is 148 Å². The van der Waals surface area contributed by atoms with Gasteiger partial charge in [0.2, 0.25) is 5.91 Å². The Morgan fingerprint density at radius 1 is 1.22 bits per heavy atom. The Kier molecular flexibility index (Phi) is 13.8. The number of aldehydes is 1.